The van der Waals surface area contributed by atoms with E-state index in [2.05, 4.69) is 10.3 Å². The molecule has 0 unspecified atom stereocenters. The highest BCUT2D eigenvalue weighted by atomic mass is 35.5. The standard InChI is InChI=1S/C26H23ClFN3O3S/c1-34-22-5-3-2-4-21(22)30-24(32)16-23-25(33)31(15-14-17-6-10-19(28)11-7-17)26(35-23)29-20-12-8-18(27)9-13-20/h2-13,23H,14-16H2,1H3,(H,30,32)/t23-/m1/s1. The smallest absolute Gasteiger partial charge is 0.242 e. The molecule has 0 saturated carbocycles. The number of carbonyl (C=O) groups is 2. The minimum Gasteiger partial charge on any atom is -0.495 e. The quantitative estimate of drug-likeness (QED) is 0.421. The minimum absolute atomic E-state index is 0.0196. The molecule has 3 aromatic rings. The van der Waals surface area contributed by atoms with Crippen LogP contribution in [0.3, 0.4) is 0 Å². The molecule has 3 aromatic carbocycles. The third-order valence-corrected chi connectivity index (χ3v) is 6.79. The molecule has 0 aliphatic carbocycles. The van der Waals surface area contributed by atoms with Crippen molar-refractivity contribution >= 4 is 51.7 Å². The number of thioether (sulfide) groups is 1. The number of ether oxygens (including phenoxy) is 1. The van der Waals surface area contributed by atoms with E-state index in [4.69, 9.17) is 16.3 Å². The minimum atomic E-state index is -0.621. The highest BCUT2D eigenvalue weighted by molar-refractivity contribution is 8.15. The van der Waals surface area contributed by atoms with Gasteiger partial charge >= 0.3 is 0 Å². The number of hydrogen-bond donors (Lipinski definition) is 1. The molecule has 0 aromatic heterocycles. The zero-order valence-electron chi connectivity index (χ0n) is 18.9. The average Bonchev–Trinajstić information content (AvgIpc) is 3.14. The molecule has 1 atom stereocenters. The van der Waals surface area contributed by atoms with Crippen LogP contribution < -0.4 is 10.1 Å². The third-order valence-electron chi connectivity index (χ3n) is 5.36. The van der Waals surface area contributed by atoms with Crippen LogP contribution in [0, 0.1) is 5.82 Å². The van der Waals surface area contributed by atoms with Crippen molar-refractivity contribution in [2.75, 3.05) is 19.0 Å². The molecule has 1 N–H and O–H groups in total. The van der Waals surface area contributed by atoms with Gasteiger partial charge in [-0.25, -0.2) is 9.38 Å². The number of benzene rings is 3. The van der Waals surface area contributed by atoms with Crippen molar-refractivity contribution in [1.29, 1.82) is 0 Å². The number of para-hydroxylation sites is 2. The van der Waals surface area contributed by atoms with Crippen molar-refractivity contribution in [3.05, 3.63) is 89.2 Å². The van der Waals surface area contributed by atoms with E-state index in [1.165, 1.54) is 31.0 Å². The Morgan fingerprint density at radius 3 is 2.54 bits per heavy atom. The Bertz CT molecular complexity index is 1240. The highest BCUT2D eigenvalue weighted by Gasteiger charge is 2.39. The Labute approximate surface area is 212 Å². The second-order valence-electron chi connectivity index (χ2n) is 7.80. The predicted molar refractivity (Wildman–Crippen MR) is 138 cm³/mol. The lowest BCUT2D eigenvalue weighted by molar-refractivity contribution is -0.128. The van der Waals surface area contributed by atoms with Gasteiger partial charge < -0.3 is 10.1 Å². The third kappa shape index (κ3) is 6.41. The van der Waals surface area contributed by atoms with Gasteiger partial charge in [0.15, 0.2) is 5.17 Å². The van der Waals surface area contributed by atoms with E-state index in [9.17, 15) is 14.0 Å². The van der Waals surface area contributed by atoms with Crippen LogP contribution in [0.2, 0.25) is 5.02 Å². The molecular weight excluding hydrogens is 489 g/mol. The Hall–Kier alpha value is -3.36. The van der Waals surface area contributed by atoms with Gasteiger partial charge in [0, 0.05) is 18.0 Å². The fourth-order valence-corrected chi connectivity index (χ4v) is 4.88. The average molecular weight is 512 g/mol. The lowest BCUT2D eigenvalue weighted by Gasteiger charge is -2.16. The van der Waals surface area contributed by atoms with E-state index in [-0.39, 0.29) is 24.1 Å². The van der Waals surface area contributed by atoms with Gasteiger partial charge in [0.05, 0.1) is 18.5 Å². The Morgan fingerprint density at radius 2 is 1.83 bits per heavy atom. The number of halogens is 2. The van der Waals surface area contributed by atoms with Crippen molar-refractivity contribution in [1.82, 2.24) is 4.90 Å². The van der Waals surface area contributed by atoms with E-state index >= 15 is 0 Å². The van der Waals surface area contributed by atoms with Crippen molar-refractivity contribution in [3.63, 3.8) is 0 Å². The maximum Gasteiger partial charge on any atom is 0.242 e. The summed E-state index contributed by atoms with van der Waals surface area (Å²) >= 11 is 7.23. The second kappa shape index (κ2) is 11.4. The van der Waals surface area contributed by atoms with E-state index in [0.717, 1.165) is 5.56 Å². The summed E-state index contributed by atoms with van der Waals surface area (Å²) in [6.45, 7) is 0.356. The van der Waals surface area contributed by atoms with Crippen molar-refractivity contribution in [3.8, 4) is 5.75 Å². The fourth-order valence-electron chi connectivity index (χ4n) is 3.57. The van der Waals surface area contributed by atoms with Gasteiger partial charge in [-0.1, -0.05) is 47.6 Å². The van der Waals surface area contributed by atoms with Crippen molar-refractivity contribution in [2.45, 2.75) is 18.1 Å². The van der Waals surface area contributed by atoms with Crippen LogP contribution in [0.5, 0.6) is 5.75 Å². The molecule has 1 heterocycles. The van der Waals surface area contributed by atoms with Crippen LogP contribution in [0.25, 0.3) is 0 Å². The fraction of sp³-hybridized carbons (Fsp3) is 0.192. The largest absolute Gasteiger partial charge is 0.495 e. The highest BCUT2D eigenvalue weighted by Crippen LogP contribution is 2.33. The van der Waals surface area contributed by atoms with Gasteiger partial charge in [-0.05, 0) is 60.5 Å². The lowest BCUT2D eigenvalue weighted by atomic mass is 10.1. The first-order valence-corrected chi connectivity index (χ1v) is 12.2. The van der Waals surface area contributed by atoms with Gasteiger partial charge in [-0.2, -0.15) is 0 Å². The summed E-state index contributed by atoms with van der Waals surface area (Å²) in [5.74, 6) is -0.267. The topological polar surface area (TPSA) is 71.0 Å². The van der Waals surface area contributed by atoms with Crippen LogP contribution in [-0.2, 0) is 16.0 Å². The normalized spacial score (nSPS) is 16.5. The summed E-state index contributed by atoms with van der Waals surface area (Å²) in [7, 11) is 1.53. The molecule has 9 heteroatoms. The molecule has 1 saturated heterocycles. The number of hydrogen-bond acceptors (Lipinski definition) is 5. The number of nitrogens with zero attached hydrogens (tertiary/aromatic N) is 2. The predicted octanol–water partition coefficient (Wildman–Crippen LogP) is 5.69. The lowest BCUT2D eigenvalue weighted by Crippen LogP contribution is -2.35. The Balaban J connectivity index is 1.51. The molecular formula is C26H23ClFN3O3S. The van der Waals surface area contributed by atoms with Gasteiger partial charge in [0.2, 0.25) is 11.8 Å². The number of anilines is 1. The summed E-state index contributed by atoms with van der Waals surface area (Å²) in [5, 5.41) is 3.29. The van der Waals surface area contributed by atoms with Crippen molar-refractivity contribution in [2.24, 2.45) is 4.99 Å². The number of rotatable bonds is 8. The van der Waals surface area contributed by atoms with E-state index in [1.807, 2.05) is 6.07 Å². The monoisotopic (exact) mass is 511 g/mol. The zero-order valence-corrected chi connectivity index (χ0v) is 20.5. The molecule has 180 valence electrons. The molecule has 1 aliphatic heterocycles. The SMILES string of the molecule is COc1ccccc1NC(=O)C[C@H]1SC(=Nc2ccc(Cl)cc2)N(CCc2ccc(F)cc2)C1=O. The molecule has 35 heavy (non-hydrogen) atoms. The van der Waals surface area contributed by atoms with Crippen LogP contribution >= 0.6 is 23.4 Å². The van der Waals surface area contributed by atoms with Gasteiger partial charge in [-0.3, -0.25) is 14.5 Å². The molecule has 4 rings (SSSR count). The zero-order chi connectivity index (χ0) is 24.8. The van der Waals surface area contributed by atoms with Crippen LogP contribution in [-0.4, -0.2) is 40.8 Å². The molecule has 1 aliphatic rings. The molecule has 0 radical (unpaired) electrons. The maximum atomic E-state index is 13.3. The molecule has 6 nitrogen and oxygen atoms in total. The number of amides is 2. The number of aliphatic imine (C=N–C) groups is 1. The van der Waals surface area contributed by atoms with E-state index in [0.29, 0.717) is 40.3 Å². The molecule has 1 fully saturated rings. The number of methoxy groups -OCH3 is 1. The number of nitrogens with one attached hydrogen (secondary N) is 1. The first-order valence-electron chi connectivity index (χ1n) is 10.9. The summed E-state index contributed by atoms with van der Waals surface area (Å²) in [6, 6.07) is 20.2. The molecule has 0 bridgehead atoms. The van der Waals surface area contributed by atoms with Gasteiger partial charge in [0.1, 0.15) is 16.8 Å². The first kappa shape index (κ1) is 24.8. The van der Waals surface area contributed by atoms with Crippen LogP contribution in [0.1, 0.15) is 12.0 Å². The van der Waals surface area contributed by atoms with Gasteiger partial charge in [-0.15, -0.1) is 0 Å². The van der Waals surface area contributed by atoms with Crippen LogP contribution in [0.15, 0.2) is 77.8 Å². The van der Waals surface area contributed by atoms with Crippen LogP contribution in [0.4, 0.5) is 15.8 Å². The Kier molecular flexibility index (Phi) is 8.05. The Morgan fingerprint density at radius 1 is 1.11 bits per heavy atom. The molecule has 2 amide bonds. The second-order valence-corrected chi connectivity index (χ2v) is 9.40. The maximum absolute atomic E-state index is 13.3. The van der Waals surface area contributed by atoms with Crippen molar-refractivity contribution < 1.29 is 18.7 Å². The van der Waals surface area contributed by atoms with Gasteiger partial charge in [0.25, 0.3) is 0 Å². The summed E-state index contributed by atoms with van der Waals surface area (Å²) in [6.07, 6.45) is 0.501. The number of amidine groups is 1. The summed E-state index contributed by atoms with van der Waals surface area (Å²) in [4.78, 5) is 32.3. The first-order chi connectivity index (χ1) is 16.9. The number of carbonyl (C=O) groups excluding carboxylic acids is 2. The van der Waals surface area contributed by atoms with E-state index < -0.39 is 5.25 Å². The summed E-state index contributed by atoms with van der Waals surface area (Å²) < 4.78 is 18.5. The molecule has 0 spiro atoms. The van der Waals surface area contributed by atoms with E-state index in [1.54, 1.807) is 59.5 Å². The summed E-state index contributed by atoms with van der Waals surface area (Å²) in [5.41, 5.74) is 2.08.